The van der Waals surface area contributed by atoms with Crippen LogP contribution in [0, 0.1) is 17.2 Å². The van der Waals surface area contributed by atoms with Gasteiger partial charge in [0.1, 0.15) is 29.5 Å². The number of esters is 1. The number of methoxy groups -OCH3 is 1. The van der Waals surface area contributed by atoms with E-state index in [-0.39, 0.29) is 16.8 Å². The first kappa shape index (κ1) is 28.9. The summed E-state index contributed by atoms with van der Waals surface area (Å²) in [5.74, 6) is 0.692. The molecule has 1 fully saturated rings. The van der Waals surface area contributed by atoms with E-state index < -0.39 is 5.97 Å². The van der Waals surface area contributed by atoms with Crippen LogP contribution >= 0.6 is 11.6 Å². The molecule has 4 rings (SSSR count). The highest BCUT2D eigenvalue weighted by atomic mass is 35.5. The van der Waals surface area contributed by atoms with Gasteiger partial charge in [-0.1, -0.05) is 67.9 Å². The Morgan fingerprint density at radius 1 is 1.03 bits per heavy atom. The second-order valence-electron chi connectivity index (χ2n) is 10.8. The van der Waals surface area contributed by atoms with Crippen LogP contribution in [-0.2, 0) is 17.8 Å². The fourth-order valence-electron chi connectivity index (χ4n) is 5.23. The van der Waals surface area contributed by atoms with Crippen LogP contribution in [0.3, 0.4) is 0 Å². The van der Waals surface area contributed by atoms with E-state index >= 15 is 0 Å². The zero-order valence-corrected chi connectivity index (χ0v) is 23.7. The van der Waals surface area contributed by atoms with Crippen LogP contribution < -0.4 is 9.47 Å². The Kier molecular flexibility index (Phi) is 9.87. The average Bonchev–Trinajstić information content (AvgIpc) is 2.93. The van der Waals surface area contributed by atoms with Crippen molar-refractivity contribution in [3.05, 3.63) is 94.3 Å². The molecule has 5 nitrogen and oxygen atoms in total. The van der Waals surface area contributed by atoms with Crippen LogP contribution in [0.15, 0.2) is 66.7 Å². The zero-order valence-electron chi connectivity index (χ0n) is 22.9. The largest absolute Gasteiger partial charge is 0.492 e. The Balaban J connectivity index is 1.31. The second-order valence-corrected chi connectivity index (χ2v) is 11.2. The molecule has 7 heteroatoms. The lowest BCUT2D eigenvalue weighted by Crippen LogP contribution is -2.46. The van der Waals surface area contributed by atoms with Crippen molar-refractivity contribution >= 4 is 17.6 Å². The molecule has 1 atom stereocenters. The molecule has 0 aliphatic carbocycles. The van der Waals surface area contributed by atoms with E-state index in [0.717, 1.165) is 44.5 Å². The standard InChI is InChI=1S/C32H37ClFNO4/c1-32(2)22-35(16-14-25(32)18-23-10-12-26(34)13-11-23)15-7-17-38-29-20-30(28(33)19-27(29)31(36)37-3)39-21-24-8-5-4-6-9-24/h4-6,8-13,19-20,25H,7,14-18,21-22H2,1-3H3. The van der Waals surface area contributed by atoms with Gasteiger partial charge in [0.15, 0.2) is 0 Å². The minimum atomic E-state index is -0.508. The van der Waals surface area contributed by atoms with E-state index in [4.69, 9.17) is 25.8 Å². The number of carbonyl (C=O) groups excluding carboxylic acids is 1. The summed E-state index contributed by atoms with van der Waals surface area (Å²) in [4.78, 5) is 14.9. The molecule has 1 heterocycles. The van der Waals surface area contributed by atoms with E-state index in [1.54, 1.807) is 18.2 Å². The van der Waals surface area contributed by atoms with Gasteiger partial charge in [0.05, 0.1) is 18.7 Å². The highest BCUT2D eigenvalue weighted by molar-refractivity contribution is 6.32. The van der Waals surface area contributed by atoms with Crippen molar-refractivity contribution in [3.63, 3.8) is 0 Å². The Morgan fingerprint density at radius 2 is 1.77 bits per heavy atom. The fourth-order valence-corrected chi connectivity index (χ4v) is 5.45. The molecule has 0 amide bonds. The second kappa shape index (κ2) is 13.3. The Hall–Kier alpha value is -3.09. The molecule has 208 valence electrons. The van der Waals surface area contributed by atoms with Crippen LogP contribution in [0.1, 0.15) is 48.2 Å². The topological polar surface area (TPSA) is 48.0 Å². The Labute approximate surface area is 235 Å². The molecule has 39 heavy (non-hydrogen) atoms. The van der Waals surface area contributed by atoms with Crippen LogP contribution in [0.2, 0.25) is 5.02 Å². The molecule has 0 bridgehead atoms. The third-order valence-electron chi connectivity index (χ3n) is 7.48. The molecule has 1 aliphatic heterocycles. The molecule has 0 N–H and O–H groups in total. The first-order valence-electron chi connectivity index (χ1n) is 13.4. The number of halogens is 2. The van der Waals surface area contributed by atoms with Gasteiger partial charge in [0, 0.05) is 19.2 Å². The van der Waals surface area contributed by atoms with Gasteiger partial charge in [-0.2, -0.15) is 0 Å². The van der Waals surface area contributed by atoms with Crippen molar-refractivity contribution in [1.29, 1.82) is 0 Å². The maximum absolute atomic E-state index is 13.3. The third kappa shape index (κ3) is 7.96. The van der Waals surface area contributed by atoms with Crippen molar-refractivity contribution in [2.75, 3.05) is 33.4 Å². The summed E-state index contributed by atoms with van der Waals surface area (Å²) < 4.78 is 30.2. The number of nitrogens with zero attached hydrogens (tertiary/aromatic N) is 1. The lowest BCUT2D eigenvalue weighted by atomic mass is 9.71. The van der Waals surface area contributed by atoms with E-state index in [9.17, 15) is 9.18 Å². The van der Waals surface area contributed by atoms with Gasteiger partial charge in [0.25, 0.3) is 0 Å². The molecule has 0 saturated carbocycles. The van der Waals surface area contributed by atoms with Gasteiger partial charge in [-0.3, -0.25) is 0 Å². The Bertz CT molecular complexity index is 1230. The number of hydrogen-bond donors (Lipinski definition) is 0. The number of carbonyl (C=O) groups is 1. The van der Waals surface area contributed by atoms with Gasteiger partial charge in [-0.25, -0.2) is 9.18 Å². The molecule has 0 radical (unpaired) electrons. The van der Waals surface area contributed by atoms with Crippen LogP contribution in [-0.4, -0.2) is 44.2 Å². The van der Waals surface area contributed by atoms with Crippen molar-refractivity contribution in [1.82, 2.24) is 4.90 Å². The summed E-state index contributed by atoms with van der Waals surface area (Å²) in [6.45, 7) is 8.33. The molecule has 3 aromatic rings. The van der Waals surface area contributed by atoms with Crippen molar-refractivity contribution in [2.24, 2.45) is 11.3 Å². The number of piperidine rings is 1. The first-order valence-corrected chi connectivity index (χ1v) is 13.8. The number of ether oxygens (including phenoxy) is 3. The molecule has 3 aromatic carbocycles. The van der Waals surface area contributed by atoms with Gasteiger partial charge >= 0.3 is 5.97 Å². The highest BCUT2D eigenvalue weighted by Crippen LogP contribution is 2.37. The normalized spacial score (nSPS) is 17.0. The molecule has 1 saturated heterocycles. The summed E-state index contributed by atoms with van der Waals surface area (Å²) in [6, 6.07) is 19.9. The molecule has 1 aliphatic rings. The quantitative estimate of drug-likeness (QED) is 0.185. The molecule has 0 aromatic heterocycles. The fraction of sp³-hybridized carbons (Fsp3) is 0.406. The summed E-state index contributed by atoms with van der Waals surface area (Å²) in [5, 5.41) is 0.324. The lowest BCUT2D eigenvalue weighted by molar-refractivity contribution is 0.0518. The van der Waals surface area contributed by atoms with Crippen molar-refractivity contribution in [3.8, 4) is 11.5 Å². The number of hydrogen-bond acceptors (Lipinski definition) is 5. The SMILES string of the molecule is COC(=O)c1cc(Cl)c(OCc2ccccc2)cc1OCCCN1CCC(Cc2ccc(F)cc2)C(C)(C)C1. The molecular formula is C32H37ClFNO4. The predicted molar refractivity (Wildman–Crippen MR) is 152 cm³/mol. The molecule has 0 spiro atoms. The Morgan fingerprint density at radius 3 is 2.46 bits per heavy atom. The molecular weight excluding hydrogens is 517 g/mol. The third-order valence-corrected chi connectivity index (χ3v) is 7.77. The van der Waals surface area contributed by atoms with Crippen LogP contribution in [0.4, 0.5) is 4.39 Å². The van der Waals surface area contributed by atoms with Gasteiger partial charge in [0.2, 0.25) is 0 Å². The minimum absolute atomic E-state index is 0.146. The van der Waals surface area contributed by atoms with Crippen LogP contribution in [0.25, 0.3) is 0 Å². The van der Waals surface area contributed by atoms with Gasteiger partial charge in [-0.05, 0) is 66.5 Å². The summed E-state index contributed by atoms with van der Waals surface area (Å²) in [6.07, 6.45) is 2.87. The van der Waals surface area contributed by atoms with Gasteiger partial charge < -0.3 is 19.1 Å². The monoisotopic (exact) mass is 553 g/mol. The summed E-state index contributed by atoms with van der Waals surface area (Å²) in [5.41, 5.74) is 2.62. The van der Waals surface area contributed by atoms with Gasteiger partial charge in [-0.15, -0.1) is 0 Å². The maximum Gasteiger partial charge on any atom is 0.341 e. The summed E-state index contributed by atoms with van der Waals surface area (Å²) >= 11 is 6.42. The van der Waals surface area contributed by atoms with E-state index in [0.29, 0.717) is 35.7 Å². The van der Waals surface area contributed by atoms with E-state index in [1.165, 1.54) is 18.7 Å². The van der Waals surface area contributed by atoms with Crippen LogP contribution in [0.5, 0.6) is 11.5 Å². The predicted octanol–water partition coefficient (Wildman–Crippen LogP) is 7.20. The highest BCUT2D eigenvalue weighted by Gasteiger charge is 2.35. The smallest absolute Gasteiger partial charge is 0.341 e. The summed E-state index contributed by atoms with van der Waals surface area (Å²) in [7, 11) is 1.33. The number of likely N-dealkylation sites (tertiary alicyclic amines) is 1. The maximum atomic E-state index is 13.3. The minimum Gasteiger partial charge on any atom is -0.492 e. The molecule has 1 unspecified atom stereocenters. The first-order chi connectivity index (χ1) is 18.7. The lowest BCUT2D eigenvalue weighted by Gasteiger charge is -2.44. The average molecular weight is 554 g/mol. The van der Waals surface area contributed by atoms with Crippen molar-refractivity contribution < 1.29 is 23.4 Å². The van der Waals surface area contributed by atoms with Crippen molar-refractivity contribution in [2.45, 2.75) is 39.7 Å². The number of rotatable bonds is 11. The zero-order chi connectivity index (χ0) is 27.8. The van der Waals surface area contributed by atoms with E-state index in [1.807, 2.05) is 42.5 Å². The number of benzene rings is 3. The van der Waals surface area contributed by atoms with E-state index in [2.05, 4.69) is 18.7 Å².